The molecule has 2 aliphatic heterocycles. The molecule has 1 aliphatic carbocycles. The molecule has 3 unspecified atom stereocenters. The number of aliphatic carboxylic acids is 1. The number of likely N-dealkylation sites (tertiary alicyclic amines) is 1. The third-order valence-electron chi connectivity index (χ3n) is 5.06. The number of fused-ring (bicyclic) bond motifs is 1. The van der Waals surface area contributed by atoms with Gasteiger partial charge in [-0.25, -0.2) is 9.80 Å². The van der Waals surface area contributed by atoms with Gasteiger partial charge in [0.15, 0.2) is 0 Å². The average Bonchev–Trinajstić information content (AvgIpc) is 2.89. The molecular weight excluding hydrogens is 286 g/mol. The molecule has 2 heterocycles. The first kappa shape index (κ1) is 15.0. The van der Waals surface area contributed by atoms with E-state index in [1.54, 1.807) is 0 Å². The summed E-state index contributed by atoms with van der Waals surface area (Å²) in [6.45, 7) is 0. The minimum Gasteiger partial charge on any atom is -0.480 e. The average molecular weight is 307 g/mol. The summed E-state index contributed by atoms with van der Waals surface area (Å²) in [6, 6.07) is -0.751. The van der Waals surface area contributed by atoms with Crippen LogP contribution in [0.25, 0.3) is 0 Å². The molecule has 0 bridgehead atoms. The van der Waals surface area contributed by atoms with Crippen molar-refractivity contribution in [1.82, 2.24) is 9.91 Å². The monoisotopic (exact) mass is 307 g/mol. The normalized spacial score (nSPS) is 31.8. The molecule has 7 nitrogen and oxygen atoms in total. The first-order chi connectivity index (χ1) is 10.5. The van der Waals surface area contributed by atoms with Gasteiger partial charge in [0.2, 0.25) is 5.91 Å². The number of hydrogen-bond donors (Lipinski definition) is 1. The number of hydrogen-bond acceptors (Lipinski definition) is 4. The van der Waals surface area contributed by atoms with Gasteiger partial charge in [-0.1, -0.05) is 12.8 Å². The standard InChI is InChI=1S/C15H21N3O4/c1-17-13(19)7-6-10(16-17)14(20)18-11-5-3-2-4-9(11)8-12(18)15(21)22/h9,11-12H,2-8H2,1H3,(H,21,22). The highest BCUT2D eigenvalue weighted by Crippen LogP contribution is 2.40. The van der Waals surface area contributed by atoms with Crippen LogP contribution in [-0.4, -0.2) is 57.6 Å². The molecule has 0 aromatic carbocycles. The number of carboxylic acid groups (broad SMARTS) is 1. The van der Waals surface area contributed by atoms with E-state index in [4.69, 9.17) is 0 Å². The molecule has 3 rings (SSSR count). The second-order valence-corrected chi connectivity index (χ2v) is 6.38. The molecule has 2 amide bonds. The number of rotatable bonds is 2. The lowest BCUT2D eigenvalue weighted by Crippen LogP contribution is -2.50. The number of amides is 2. The van der Waals surface area contributed by atoms with Crippen molar-refractivity contribution < 1.29 is 19.5 Å². The molecule has 0 aromatic rings. The van der Waals surface area contributed by atoms with Crippen molar-refractivity contribution in [3.05, 3.63) is 0 Å². The minimum atomic E-state index is -0.941. The first-order valence-electron chi connectivity index (χ1n) is 7.88. The maximum Gasteiger partial charge on any atom is 0.326 e. The summed E-state index contributed by atoms with van der Waals surface area (Å²) in [4.78, 5) is 37.4. The van der Waals surface area contributed by atoms with Crippen LogP contribution in [0, 0.1) is 5.92 Å². The van der Waals surface area contributed by atoms with Crippen LogP contribution in [0.2, 0.25) is 0 Å². The van der Waals surface area contributed by atoms with Gasteiger partial charge in [-0.2, -0.15) is 5.10 Å². The Morgan fingerprint density at radius 2 is 1.95 bits per heavy atom. The maximum atomic E-state index is 12.8. The summed E-state index contributed by atoms with van der Waals surface area (Å²) in [7, 11) is 1.52. The molecule has 1 saturated carbocycles. The van der Waals surface area contributed by atoms with Crippen LogP contribution >= 0.6 is 0 Å². The molecule has 0 aromatic heterocycles. The second-order valence-electron chi connectivity index (χ2n) is 6.38. The summed E-state index contributed by atoms with van der Waals surface area (Å²) >= 11 is 0. The third kappa shape index (κ3) is 2.48. The van der Waals surface area contributed by atoms with Crippen LogP contribution in [0.3, 0.4) is 0 Å². The van der Waals surface area contributed by atoms with Crippen LogP contribution in [0.4, 0.5) is 0 Å². The summed E-state index contributed by atoms with van der Waals surface area (Å²) in [5, 5.41) is 14.7. The van der Waals surface area contributed by atoms with Gasteiger partial charge in [0, 0.05) is 25.9 Å². The van der Waals surface area contributed by atoms with Gasteiger partial charge in [0.25, 0.3) is 5.91 Å². The zero-order valence-electron chi connectivity index (χ0n) is 12.7. The van der Waals surface area contributed by atoms with E-state index in [9.17, 15) is 19.5 Å². The zero-order valence-corrected chi connectivity index (χ0v) is 12.7. The van der Waals surface area contributed by atoms with Crippen molar-refractivity contribution in [2.24, 2.45) is 11.0 Å². The van der Waals surface area contributed by atoms with E-state index >= 15 is 0 Å². The minimum absolute atomic E-state index is 0.00739. The van der Waals surface area contributed by atoms with Gasteiger partial charge in [0.05, 0.1) is 0 Å². The summed E-state index contributed by atoms with van der Waals surface area (Å²) in [5.74, 6) is -1.09. The quantitative estimate of drug-likeness (QED) is 0.818. The highest BCUT2D eigenvalue weighted by Gasteiger charge is 2.48. The Hall–Kier alpha value is -1.92. The topological polar surface area (TPSA) is 90.3 Å². The number of carbonyl (C=O) groups is 3. The highest BCUT2D eigenvalue weighted by atomic mass is 16.4. The summed E-state index contributed by atoms with van der Waals surface area (Å²) in [5.41, 5.74) is 0.305. The van der Waals surface area contributed by atoms with Gasteiger partial charge in [-0.15, -0.1) is 0 Å². The zero-order chi connectivity index (χ0) is 15.9. The van der Waals surface area contributed by atoms with E-state index in [0.717, 1.165) is 25.7 Å². The molecule has 0 radical (unpaired) electrons. The molecule has 7 heteroatoms. The Labute approximate surface area is 128 Å². The molecular formula is C15H21N3O4. The molecule has 3 atom stereocenters. The van der Waals surface area contributed by atoms with Crippen molar-refractivity contribution in [2.45, 2.75) is 57.0 Å². The smallest absolute Gasteiger partial charge is 0.326 e. The van der Waals surface area contributed by atoms with Crippen molar-refractivity contribution >= 4 is 23.5 Å². The van der Waals surface area contributed by atoms with E-state index in [2.05, 4.69) is 5.10 Å². The van der Waals surface area contributed by atoms with Crippen LogP contribution in [0.15, 0.2) is 5.10 Å². The van der Waals surface area contributed by atoms with Crippen LogP contribution in [0.5, 0.6) is 0 Å². The van der Waals surface area contributed by atoms with Crippen LogP contribution < -0.4 is 0 Å². The third-order valence-corrected chi connectivity index (χ3v) is 5.06. The fraction of sp³-hybridized carbons (Fsp3) is 0.733. The van der Waals surface area contributed by atoms with E-state index in [1.165, 1.54) is 17.0 Å². The Bertz CT molecular complexity index is 545. The van der Waals surface area contributed by atoms with Crippen molar-refractivity contribution in [2.75, 3.05) is 7.05 Å². The van der Waals surface area contributed by atoms with Gasteiger partial charge < -0.3 is 10.0 Å². The predicted octanol–water partition coefficient (Wildman–Crippen LogP) is 0.839. The fourth-order valence-electron chi connectivity index (χ4n) is 3.95. The number of carboxylic acids is 1. The number of carbonyl (C=O) groups excluding carboxylic acids is 2. The lowest BCUT2D eigenvalue weighted by atomic mass is 9.84. The van der Waals surface area contributed by atoms with Gasteiger partial charge in [-0.05, 0) is 25.2 Å². The number of nitrogens with zero attached hydrogens (tertiary/aromatic N) is 3. The SMILES string of the molecule is CN1N=C(C(=O)N2C(C(=O)O)CC3CCCCC32)CCC1=O. The predicted molar refractivity (Wildman–Crippen MR) is 78.1 cm³/mol. The molecule has 22 heavy (non-hydrogen) atoms. The van der Waals surface area contributed by atoms with E-state index in [-0.39, 0.29) is 30.2 Å². The Morgan fingerprint density at radius 1 is 1.23 bits per heavy atom. The molecule has 120 valence electrons. The summed E-state index contributed by atoms with van der Waals surface area (Å²) < 4.78 is 0. The largest absolute Gasteiger partial charge is 0.480 e. The van der Waals surface area contributed by atoms with E-state index < -0.39 is 12.0 Å². The second kappa shape index (κ2) is 5.70. The Balaban J connectivity index is 1.86. The molecule has 1 saturated heterocycles. The Kier molecular flexibility index (Phi) is 3.88. The molecule has 1 N–H and O–H groups in total. The van der Waals surface area contributed by atoms with Crippen molar-refractivity contribution in [1.29, 1.82) is 0 Å². The van der Waals surface area contributed by atoms with Crippen LogP contribution in [0.1, 0.15) is 44.9 Å². The van der Waals surface area contributed by atoms with E-state index in [0.29, 0.717) is 18.6 Å². The Morgan fingerprint density at radius 3 is 2.64 bits per heavy atom. The van der Waals surface area contributed by atoms with Crippen molar-refractivity contribution in [3.63, 3.8) is 0 Å². The summed E-state index contributed by atoms with van der Waals surface area (Å²) in [6.07, 6.45) is 5.07. The van der Waals surface area contributed by atoms with Gasteiger partial charge >= 0.3 is 5.97 Å². The molecule has 2 fully saturated rings. The molecule has 0 spiro atoms. The maximum absolute atomic E-state index is 12.8. The van der Waals surface area contributed by atoms with Crippen LogP contribution in [-0.2, 0) is 14.4 Å². The highest BCUT2D eigenvalue weighted by molar-refractivity contribution is 6.39. The molecule has 3 aliphatic rings. The lowest BCUT2D eigenvalue weighted by Gasteiger charge is -2.34. The van der Waals surface area contributed by atoms with Gasteiger partial charge in [-0.3, -0.25) is 9.59 Å². The van der Waals surface area contributed by atoms with Crippen molar-refractivity contribution in [3.8, 4) is 0 Å². The number of hydrazone groups is 1. The fourth-order valence-corrected chi connectivity index (χ4v) is 3.95. The van der Waals surface area contributed by atoms with E-state index in [1.807, 2.05) is 0 Å². The lowest BCUT2D eigenvalue weighted by molar-refractivity contribution is -0.147. The first-order valence-corrected chi connectivity index (χ1v) is 7.88. The van der Waals surface area contributed by atoms with Gasteiger partial charge in [0.1, 0.15) is 11.8 Å².